The van der Waals surface area contributed by atoms with Crippen molar-refractivity contribution >= 4 is 17.7 Å². The third kappa shape index (κ3) is 4.37. The average Bonchev–Trinajstić information content (AvgIpc) is 2.67. The maximum absolute atomic E-state index is 12.6. The van der Waals surface area contributed by atoms with Crippen LogP contribution in [0.15, 0.2) is 35.6 Å². The summed E-state index contributed by atoms with van der Waals surface area (Å²) in [6, 6.07) is 6.32. The van der Waals surface area contributed by atoms with E-state index in [0.717, 1.165) is 36.5 Å². The van der Waals surface area contributed by atoms with Crippen LogP contribution in [0.5, 0.6) is 5.75 Å². The number of aromatic nitrogens is 1. The number of hydrogen-bond acceptors (Lipinski definition) is 5. The predicted molar refractivity (Wildman–Crippen MR) is 114 cm³/mol. The van der Waals surface area contributed by atoms with E-state index < -0.39 is 11.7 Å². The average molecular weight is 420 g/mol. The molecule has 1 aromatic carbocycles. The van der Waals surface area contributed by atoms with Crippen molar-refractivity contribution < 1.29 is 17.9 Å². The molecule has 0 aliphatic carbocycles. The standard InChI is InChI=1S/C22H27F3N4O/c1-6-29-18-10-19(30-5)15(9-17(18)14(2)11-21(29,3)4)12-27-28-20-8-7-16(13-26-20)22(23,24)25/h7-10,12-14H,6,11H2,1-5H3,(H,26,28)/b27-12+. The molecule has 1 N–H and O–H groups in total. The fourth-order valence-corrected chi connectivity index (χ4v) is 4.20. The SMILES string of the molecule is CCN1c2cc(OC)c(/C=N/Nc3ccc(C(F)(F)F)cn3)cc2C(C)CC1(C)C. The summed E-state index contributed by atoms with van der Waals surface area (Å²) in [4.78, 5) is 6.14. The zero-order chi connectivity index (χ0) is 22.1. The Labute approximate surface area is 175 Å². The molecule has 2 heterocycles. The van der Waals surface area contributed by atoms with Gasteiger partial charge in [-0.25, -0.2) is 4.98 Å². The van der Waals surface area contributed by atoms with Gasteiger partial charge in [0.1, 0.15) is 11.6 Å². The smallest absolute Gasteiger partial charge is 0.417 e. The predicted octanol–water partition coefficient (Wildman–Crippen LogP) is 5.67. The Morgan fingerprint density at radius 2 is 2.07 bits per heavy atom. The number of nitrogens with zero attached hydrogens (tertiary/aromatic N) is 3. The summed E-state index contributed by atoms with van der Waals surface area (Å²) in [7, 11) is 1.61. The highest BCUT2D eigenvalue weighted by molar-refractivity contribution is 5.86. The first-order valence-corrected chi connectivity index (χ1v) is 9.88. The molecule has 3 rings (SSSR count). The number of methoxy groups -OCH3 is 1. The minimum absolute atomic E-state index is 0.0532. The molecule has 0 fully saturated rings. The van der Waals surface area contributed by atoms with Crippen molar-refractivity contribution in [3.8, 4) is 5.75 Å². The Morgan fingerprint density at radius 3 is 2.63 bits per heavy atom. The summed E-state index contributed by atoms with van der Waals surface area (Å²) < 4.78 is 43.5. The van der Waals surface area contributed by atoms with Crippen LogP contribution >= 0.6 is 0 Å². The number of fused-ring (bicyclic) bond motifs is 1. The van der Waals surface area contributed by atoms with Crippen LogP contribution in [0.1, 0.15) is 56.7 Å². The molecule has 1 aliphatic heterocycles. The van der Waals surface area contributed by atoms with Gasteiger partial charge in [0, 0.05) is 35.6 Å². The molecule has 1 atom stereocenters. The molecule has 5 nitrogen and oxygen atoms in total. The Balaban J connectivity index is 1.85. The lowest BCUT2D eigenvalue weighted by Gasteiger charge is -2.47. The number of benzene rings is 1. The van der Waals surface area contributed by atoms with Crippen molar-refractivity contribution in [3.63, 3.8) is 0 Å². The van der Waals surface area contributed by atoms with Gasteiger partial charge in [-0.1, -0.05) is 6.92 Å². The molecule has 2 aromatic rings. The highest BCUT2D eigenvalue weighted by Gasteiger charge is 2.36. The van der Waals surface area contributed by atoms with E-state index in [1.165, 1.54) is 11.6 Å². The van der Waals surface area contributed by atoms with E-state index in [9.17, 15) is 13.2 Å². The lowest BCUT2D eigenvalue weighted by atomic mass is 9.79. The van der Waals surface area contributed by atoms with Gasteiger partial charge in [0.15, 0.2) is 0 Å². The Morgan fingerprint density at radius 1 is 1.33 bits per heavy atom. The molecular formula is C22H27F3N4O. The van der Waals surface area contributed by atoms with Gasteiger partial charge in [-0.2, -0.15) is 18.3 Å². The van der Waals surface area contributed by atoms with Gasteiger partial charge in [0.25, 0.3) is 0 Å². The highest BCUT2D eigenvalue weighted by Crippen LogP contribution is 2.45. The number of pyridine rings is 1. The minimum Gasteiger partial charge on any atom is -0.496 e. The lowest BCUT2D eigenvalue weighted by molar-refractivity contribution is -0.137. The van der Waals surface area contributed by atoms with Crippen LogP contribution in [-0.4, -0.2) is 30.4 Å². The van der Waals surface area contributed by atoms with Crippen LogP contribution in [0.4, 0.5) is 24.7 Å². The summed E-state index contributed by atoms with van der Waals surface area (Å²) in [6.45, 7) is 9.75. The summed E-state index contributed by atoms with van der Waals surface area (Å²) in [5.74, 6) is 1.28. The fourth-order valence-electron chi connectivity index (χ4n) is 4.20. The van der Waals surface area contributed by atoms with Crippen LogP contribution in [-0.2, 0) is 6.18 Å². The van der Waals surface area contributed by atoms with Crippen molar-refractivity contribution in [2.45, 2.75) is 51.7 Å². The number of anilines is 2. The first-order chi connectivity index (χ1) is 14.1. The lowest BCUT2D eigenvalue weighted by Crippen LogP contribution is -2.48. The van der Waals surface area contributed by atoms with Crippen molar-refractivity contribution in [2.75, 3.05) is 24.0 Å². The molecule has 30 heavy (non-hydrogen) atoms. The van der Waals surface area contributed by atoms with E-state index in [0.29, 0.717) is 11.7 Å². The van der Waals surface area contributed by atoms with Gasteiger partial charge in [-0.3, -0.25) is 5.43 Å². The second-order valence-corrected chi connectivity index (χ2v) is 8.11. The number of halogens is 3. The van der Waals surface area contributed by atoms with Gasteiger partial charge >= 0.3 is 6.18 Å². The largest absolute Gasteiger partial charge is 0.496 e. The van der Waals surface area contributed by atoms with Crippen molar-refractivity contribution in [3.05, 3.63) is 47.2 Å². The topological polar surface area (TPSA) is 49.8 Å². The molecule has 0 saturated carbocycles. The molecule has 0 spiro atoms. The Bertz CT molecular complexity index is 923. The molecule has 0 radical (unpaired) electrons. The van der Waals surface area contributed by atoms with E-state index in [4.69, 9.17) is 4.74 Å². The third-order valence-electron chi connectivity index (χ3n) is 5.53. The van der Waals surface area contributed by atoms with Gasteiger partial charge < -0.3 is 9.64 Å². The van der Waals surface area contributed by atoms with Crippen LogP contribution in [0.2, 0.25) is 0 Å². The summed E-state index contributed by atoms with van der Waals surface area (Å²) in [5.41, 5.74) is 5.10. The van der Waals surface area contributed by atoms with Gasteiger partial charge in [-0.15, -0.1) is 0 Å². The van der Waals surface area contributed by atoms with Crippen LogP contribution < -0.4 is 15.1 Å². The summed E-state index contributed by atoms with van der Waals surface area (Å²) >= 11 is 0. The first kappa shape index (κ1) is 21.9. The molecule has 0 bridgehead atoms. The number of nitrogens with one attached hydrogen (secondary N) is 1. The molecular weight excluding hydrogens is 393 g/mol. The summed E-state index contributed by atoms with van der Waals surface area (Å²) in [5, 5.41) is 4.14. The van der Waals surface area contributed by atoms with Crippen LogP contribution in [0, 0.1) is 0 Å². The number of rotatable bonds is 5. The molecule has 0 amide bonds. The molecule has 162 valence electrons. The maximum atomic E-state index is 12.6. The number of ether oxygens (including phenoxy) is 1. The zero-order valence-corrected chi connectivity index (χ0v) is 17.8. The Kier molecular flexibility index (Phi) is 5.97. The van der Waals surface area contributed by atoms with Crippen LogP contribution in [0.25, 0.3) is 0 Å². The van der Waals surface area contributed by atoms with Crippen LogP contribution in [0.3, 0.4) is 0 Å². The van der Waals surface area contributed by atoms with E-state index in [-0.39, 0.29) is 11.4 Å². The molecule has 1 unspecified atom stereocenters. The van der Waals surface area contributed by atoms with E-state index in [1.54, 1.807) is 13.3 Å². The quantitative estimate of drug-likeness (QED) is 0.500. The van der Waals surface area contributed by atoms with Gasteiger partial charge in [0.2, 0.25) is 0 Å². The minimum atomic E-state index is -4.41. The number of hydrazone groups is 1. The van der Waals surface area contributed by atoms with Gasteiger partial charge in [0.05, 0.1) is 18.9 Å². The summed E-state index contributed by atoms with van der Waals surface area (Å²) in [6.07, 6.45) is -1.01. The van der Waals surface area contributed by atoms with E-state index in [1.807, 2.05) is 6.07 Å². The molecule has 1 aliphatic rings. The number of alkyl halides is 3. The van der Waals surface area contributed by atoms with Gasteiger partial charge in [-0.05, 0) is 56.9 Å². The van der Waals surface area contributed by atoms with Crippen molar-refractivity contribution in [1.29, 1.82) is 0 Å². The second kappa shape index (κ2) is 8.16. The number of hydrogen-bond donors (Lipinski definition) is 1. The zero-order valence-electron chi connectivity index (χ0n) is 17.8. The van der Waals surface area contributed by atoms with Crippen molar-refractivity contribution in [2.24, 2.45) is 5.10 Å². The maximum Gasteiger partial charge on any atom is 0.417 e. The van der Waals surface area contributed by atoms with E-state index >= 15 is 0 Å². The van der Waals surface area contributed by atoms with Crippen molar-refractivity contribution in [1.82, 2.24) is 4.98 Å². The normalized spacial score (nSPS) is 18.4. The first-order valence-electron chi connectivity index (χ1n) is 9.88. The highest BCUT2D eigenvalue weighted by atomic mass is 19.4. The Hall–Kier alpha value is -2.77. The third-order valence-corrected chi connectivity index (χ3v) is 5.53. The molecule has 0 saturated heterocycles. The molecule has 1 aromatic heterocycles. The fraction of sp³-hybridized carbons (Fsp3) is 0.455. The monoisotopic (exact) mass is 420 g/mol. The molecule has 8 heteroatoms. The second-order valence-electron chi connectivity index (χ2n) is 8.11. The van der Waals surface area contributed by atoms with E-state index in [2.05, 4.69) is 54.2 Å².